The minimum absolute atomic E-state index is 0.305. The summed E-state index contributed by atoms with van der Waals surface area (Å²) >= 11 is 0. The van der Waals surface area contributed by atoms with E-state index in [-0.39, 0.29) is 0 Å². The van der Waals surface area contributed by atoms with Crippen molar-refractivity contribution in [2.45, 2.75) is 247 Å². The van der Waals surface area contributed by atoms with Gasteiger partial charge in [0.2, 0.25) is 0 Å². The number of rotatable bonds is 40. The summed E-state index contributed by atoms with van der Waals surface area (Å²) in [6.07, 6.45) is 46.3. The Balaban J connectivity index is 4.99. The Hall–Kier alpha value is 0.0969. The fourth-order valence-corrected chi connectivity index (χ4v) is 8.54. The smallest absolute Gasteiger partial charge is 0.376 e. The highest BCUT2D eigenvalue weighted by molar-refractivity contribution is 6.36. The molecular formula is C42H88O3Si. The summed E-state index contributed by atoms with van der Waals surface area (Å²) in [7, 11) is -2.04. The summed E-state index contributed by atoms with van der Waals surface area (Å²) < 4.78 is 18.6. The van der Waals surface area contributed by atoms with Crippen molar-refractivity contribution in [2.75, 3.05) is 19.8 Å². The Morgan fingerprint density at radius 1 is 0.304 bits per heavy atom. The van der Waals surface area contributed by atoms with Gasteiger partial charge in [0, 0.05) is 19.8 Å². The van der Waals surface area contributed by atoms with Gasteiger partial charge >= 0.3 is 9.53 Å². The van der Waals surface area contributed by atoms with Crippen molar-refractivity contribution in [2.24, 2.45) is 5.41 Å². The molecule has 0 radical (unpaired) electrons. The van der Waals surface area contributed by atoms with Crippen LogP contribution in [0.1, 0.15) is 247 Å². The summed E-state index contributed by atoms with van der Waals surface area (Å²) in [5.74, 6) is 0. The lowest BCUT2D eigenvalue weighted by molar-refractivity contribution is 0.0379. The van der Waals surface area contributed by atoms with Gasteiger partial charge in [0.15, 0.2) is 0 Å². The summed E-state index contributed by atoms with van der Waals surface area (Å²) in [5, 5.41) is 0. The van der Waals surface area contributed by atoms with Gasteiger partial charge in [-0.3, -0.25) is 0 Å². The summed E-state index contributed by atoms with van der Waals surface area (Å²) in [6.45, 7) is 13.3. The number of unbranched alkanes of at least 4 members (excludes halogenated alkanes) is 27. The predicted molar refractivity (Wildman–Crippen MR) is 208 cm³/mol. The van der Waals surface area contributed by atoms with Gasteiger partial charge in [0.05, 0.1) is 0 Å². The fraction of sp³-hybridized carbons (Fsp3) is 1.00. The van der Waals surface area contributed by atoms with Gasteiger partial charge in [-0.1, -0.05) is 213 Å². The molecule has 0 saturated heterocycles. The first-order valence-electron chi connectivity index (χ1n) is 21.5. The quantitative estimate of drug-likeness (QED) is 0.0480. The van der Waals surface area contributed by atoms with E-state index in [9.17, 15) is 0 Å². The van der Waals surface area contributed by atoms with E-state index in [0.29, 0.717) is 18.6 Å². The van der Waals surface area contributed by atoms with E-state index in [0.717, 1.165) is 6.61 Å². The van der Waals surface area contributed by atoms with Crippen LogP contribution >= 0.6 is 0 Å². The van der Waals surface area contributed by atoms with Gasteiger partial charge < -0.3 is 13.3 Å². The van der Waals surface area contributed by atoms with Crippen molar-refractivity contribution in [3.05, 3.63) is 0 Å². The molecule has 0 saturated carbocycles. The molecule has 0 heterocycles. The van der Waals surface area contributed by atoms with Gasteiger partial charge in [-0.25, -0.2) is 0 Å². The fourth-order valence-electron chi connectivity index (χ4n) is 7.22. The molecule has 46 heavy (non-hydrogen) atoms. The maximum atomic E-state index is 6.61. The topological polar surface area (TPSA) is 27.7 Å². The van der Waals surface area contributed by atoms with Gasteiger partial charge in [0.25, 0.3) is 0 Å². The molecule has 0 aromatic carbocycles. The zero-order valence-electron chi connectivity index (χ0n) is 32.8. The average Bonchev–Trinajstić information content (AvgIpc) is 3.06. The van der Waals surface area contributed by atoms with E-state index < -0.39 is 9.53 Å². The molecule has 0 unspecified atom stereocenters. The van der Waals surface area contributed by atoms with Crippen LogP contribution in [-0.2, 0) is 13.3 Å². The molecule has 0 aliphatic carbocycles. The van der Waals surface area contributed by atoms with E-state index in [1.807, 2.05) is 0 Å². The van der Waals surface area contributed by atoms with Crippen LogP contribution in [0, 0.1) is 5.41 Å². The predicted octanol–water partition coefficient (Wildman–Crippen LogP) is 14.7. The Labute approximate surface area is 293 Å². The van der Waals surface area contributed by atoms with Crippen LogP contribution in [0.15, 0.2) is 0 Å². The van der Waals surface area contributed by atoms with Crippen molar-refractivity contribution in [3.63, 3.8) is 0 Å². The Kier molecular flexibility index (Phi) is 38.0. The van der Waals surface area contributed by atoms with Crippen LogP contribution < -0.4 is 0 Å². The highest BCUT2D eigenvalue weighted by Crippen LogP contribution is 2.38. The largest absolute Gasteiger partial charge is 0.484 e. The van der Waals surface area contributed by atoms with E-state index in [4.69, 9.17) is 13.3 Å². The minimum atomic E-state index is -2.04. The first-order valence-corrected chi connectivity index (χ1v) is 22.9. The Bertz CT molecular complexity index is 491. The molecular weight excluding hydrogens is 581 g/mol. The average molecular weight is 669 g/mol. The van der Waals surface area contributed by atoms with Crippen LogP contribution in [0.3, 0.4) is 0 Å². The van der Waals surface area contributed by atoms with Crippen molar-refractivity contribution in [1.29, 1.82) is 0 Å². The van der Waals surface area contributed by atoms with Gasteiger partial charge in [-0.05, 0) is 38.5 Å². The van der Waals surface area contributed by atoms with Gasteiger partial charge in [0.1, 0.15) is 0 Å². The molecule has 0 rings (SSSR count). The SMILES string of the molecule is CCCCCCCCCCCCC(CCCCCCCCCCCC)(CCCCCCCCCCCC)CO[SiH](OCC)OCC. The maximum Gasteiger partial charge on any atom is 0.484 e. The molecule has 0 N–H and O–H groups in total. The third-order valence-corrected chi connectivity index (χ3v) is 12.0. The molecule has 0 aliphatic rings. The van der Waals surface area contributed by atoms with Crippen LogP contribution in [0.4, 0.5) is 0 Å². The van der Waals surface area contributed by atoms with Crippen LogP contribution in [0.5, 0.6) is 0 Å². The van der Waals surface area contributed by atoms with Gasteiger partial charge in [-0.15, -0.1) is 0 Å². The third kappa shape index (κ3) is 31.4. The van der Waals surface area contributed by atoms with Crippen LogP contribution in [0.25, 0.3) is 0 Å². The molecule has 0 atom stereocenters. The lowest BCUT2D eigenvalue weighted by Crippen LogP contribution is -2.35. The monoisotopic (exact) mass is 669 g/mol. The molecule has 0 bridgehead atoms. The van der Waals surface area contributed by atoms with Crippen molar-refractivity contribution in [1.82, 2.24) is 0 Å². The van der Waals surface area contributed by atoms with E-state index >= 15 is 0 Å². The summed E-state index contributed by atoms with van der Waals surface area (Å²) in [6, 6.07) is 0. The lowest BCUT2D eigenvalue weighted by Gasteiger charge is -2.35. The highest BCUT2D eigenvalue weighted by atomic mass is 28.3. The van der Waals surface area contributed by atoms with E-state index in [1.165, 1.54) is 212 Å². The maximum absolute atomic E-state index is 6.61. The molecule has 4 heteroatoms. The van der Waals surface area contributed by atoms with Crippen molar-refractivity contribution >= 4 is 9.53 Å². The second-order valence-corrected chi connectivity index (χ2v) is 16.4. The van der Waals surface area contributed by atoms with E-state index in [2.05, 4.69) is 34.6 Å². The zero-order valence-corrected chi connectivity index (χ0v) is 33.9. The number of hydrogen-bond donors (Lipinski definition) is 0. The Morgan fingerprint density at radius 2 is 0.543 bits per heavy atom. The van der Waals surface area contributed by atoms with Crippen LogP contribution in [-0.4, -0.2) is 29.3 Å². The highest BCUT2D eigenvalue weighted by Gasteiger charge is 2.31. The molecule has 0 fully saturated rings. The van der Waals surface area contributed by atoms with Gasteiger partial charge in [-0.2, -0.15) is 0 Å². The molecule has 3 nitrogen and oxygen atoms in total. The first-order chi connectivity index (χ1) is 22.7. The molecule has 0 aromatic rings. The summed E-state index contributed by atoms with van der Waals surface area (Å²) in [5.41, 5.74) is 0.305. The van der Waals surface area contributed by atoms with Crippen molar-refractivity contribution in [3.8, 4) is 0 Å². The minimum Gasteiger partial charge on any atom is -0.376 e. The first kappa shape index (κ1) is 46.1. The zero-order chi connectivity index (χ0) is 33.7. The second-order valence-electron chi connectivity index (χ2n) is 14.8. The lowest BCUT2D eigenvalue weighted by atomic mass is 9.74. The van der Waals surface area contributed by atoms with E-state index in [1.54, 1.807) is 0 Å². The molecule has 278 valence electrons. The van der Waals surface area contributed by atoms with Crippen LogP contribution in [0.2, 0.25) is 0 Å². The standard InChI is InChI=1S/C42H88O3Si/c1-6-11-14-17-20-23-26-29-32-35-38-42(41-45-46(43-9-4)44-10-5,39-36-33-30-27-24-21-18-15-12-7-2)40-37-34-31-28-25-22-19-16-13-8-3/h46H,6-41H2,1-5H3. The Morgan fingerprint density at radius 3 is 0.783 bits per heavy atom. The second kappa shape index (κ2) is 37.9. The third-order valence-electron chi connectivity index (χ3n) is 10.3. The number of hydrogen-bond acceptors (Lipinski definition) is 3. The molecule has 0 aliphatic heterocycles. The molecule has 0 spiro atoms. The van der Waals surface area contributed by atoms with Crippen molar-refractivity contribution < 1.29 is 13.3 Å². The normalized spacial score (nSPS) is 12.1. The molecule has 0 amide bonds. The molecule has 0 aromatic heterocycles. The summed E-state index contributed by atoms with van der Waals surface area (Å²) in [4.78, 5) is 0.